The van der Waals surface area contributed by atoms with Crippen LogP contribution >= 0.6 is 0 Å². The molecule has 34 heavy (non-hydrogen) atoms. The molecule has 0 aliphatic rings. The first-order chi connectivity index (χ1) is 15.7. The molecule has 2 heterocycles. The van der Waals surface area contributed by atoms with E-state index in [9.17, 15) is 23.1 Å². The van der Waals surface area contributed by atoms with Crippen LogP contribution in [0.2, 0.25) is 0 Å². The van der Waals surface area contributed by atoms with E-state index in [0.717, 1.165) is 16.7 Å². The van der Waals surface area contributed by atoms with Crippen LogP contribution in [0.1, 0.15) is 54.3 Å². The van der Waals surface area contributed by atoms with E-state index in [1.807, 2.05) is 39.8 Å². The summed E-state index contributed by atoms with van der Waals surface area (Å²) < 4.78 is 51.0. The number of aromatic nitrogens is 2. The van der Waals surface area contributed by atoms with Gasteiger partial charge in [-0.15, -0.1) is 0 Å². The molecule has 3 aromatic rings. The number of aromatic hydroxyl groups is 1. The molecule has 0 aliphatic carbocycles. The van der Waals surface area contributed by atoms with Gasteiger partial charge >= 0.3 is 6.18 Å². The Morgan fingerprint density at radius 1 is 1.09 bits per heavy atom. The number of nitrogens with zero attached hydrogens (tertiary/aromatic N) is 3. The van der Waals surface area contributed by atoms with Crippen molar-refractivity contribution >= 4 is 23.2 Å². The standard InChI is InChI=1S/C22H26F3N5O4/c1-11-7-10-14(33-11)17(21(2,3)4)27-19-18(28-34-29-19)26-13-9-8-12(22(23,24)25)15(16(13)31)20(32)30(5)6/h7-10,17,31H,1-6H3,(H,26,28)(H,27,29)/t17-/m0/s1. The average Bonchev–Trinajstić information content (AvgIpc) is 3.33. The van der Waals surface area contributed by atoms with E-state index in [1.54, 1.807) is 0 Å². The highest BCUT2D eigenvalue weighted by molar-refractivity contribution is 6.00. The number of benzene rings is 1. The lowest BCUT2D eigenvalue weighted by Gasteiger charge is -2.29. The third-order valence-corrected chi connectivity index (χ3v) is 5.04. The number of amides is 1. The lowest BCUT2D eigenvalue weighted by molar-refractivity contribution is -0.138. The molecule has 1 amide bonds. The Kier molecular flexibility index (Phi) is 6.54. The van der Waals surface area contributed by atoms with Crippen molar-refractivity contribution in [1.82, 2.24) is 15.2 Å². The summed E-state index contributed by atoms with van der Waals surface area (Å²) >= 11 is 0. The number of anilines is 3. The lowest BCUT2D eigenvalue weighted by Crippen LogP contribution is -2.26. The van der Waals surface area contributed by atoms with Gasteiger partial charge in [-0.1, -0.05) is 20.8 Å². The van der Waals surface area contributed by atoms with Gasteiger partial charge in [0, 0.05) is 14.1 Å². The minimum Gasteiger partial charge on any atom is -0.505 e. The SMILES string of the molecule is Cc1ccc([C@H](Nc2nonc2Nc2ccc(C(F)(F)F)c(C(=O)N(C)C)c2O)C(C)(C)C)o1. The first-order valence-electron chi connectivity index (χ1n) is 10.3. The first kappa shape index (κ1) is 24.9. The number of rotatable bonds is 6. The van der Waals surface area contributed by atoms with Gasteiger partial charge in [0.2, 0.25) is 11.6 Å². The zero-order chi connectivity index (χ0) is 25.4. The normalized spacial score (nSPS) is 13.0. The molecule has 2 aromatic heterocycles. The number of carbonyl (C=O) groups is 1. The highest BCUT2D eigenvalue weighted by Crippen LogP contribution is 2.42. The average molecular weight is 481 g/mol. The molecule has 1 aromatic carbocycles. The summed E-state index contributed by atoms with van der Waals surface area (Å²) in [6.45, 7) is 7.74. The summed E-state index contributed by atoms with van der Waals surface area (Å²) in [6.07, 6.45) is -4.85. The zero-order valence-electron chi connectivity index (χ0n) is 19.5. The molecule has 0 spiro atoms. The summed E-state index contributed by atoms with van der Waals surface area (Å²) in [7, 11) is 2.57. The van der Waals surface area contributed by atoms with Crippen LogP contribution in [0.4, 0.5) is 30.5 Å². The molecular weight excluding hydrogens is 455 g/mol. The van der Waals surface area contributed by atoms with Crippen molar-refractivity contribution in [2.45, 2.75) is 39.9 Å². The topological polar surface area (TPSA) is 117 Å². The Balaban J connectivity index is 1.99. The van der Waals surface area contributed by atoms with E-state index in [1.165, 1.54) is 14.1 Å². The number of halogens is 3. The van der Waals surface area contributed by atoms with Crippen molar-refractivity contribution in [2.24, 2.45) is 5.41 Å². The van der Waals surface area contributed by atoms with Gasteiger partial charge in [0.05, 0.1) is 22.9 Å². The molecule has 3 N–H and O–H groups in total. The van der Waals surface area contributed by atoms with Gasteiger partial charge in [0.25, 0.3) is 5.91 Å². The number of phenols is 1. The van der Waals surface area contributed by atoms with Crippen molar-refractivity contribution in [1.29, 1.82) is 0 Å². The smallest absolute Gasteiger partial charge is 0.417 e. The highest BCUT2D eigenvalue weighted by atomic mass is 19.4. The maximum absolute atomic E-state index is 13.5. The predicted octanol–water partition coefficient (Wildman–Crippen LogP) is 5.34. The maximum atomic E-state index is 13.5. The van der Waals surface area contributed by atoms with Crippen LogP contribution in [0.25, 0.3) is 0 Å². The van der Waals surface area contributed by atoms with Crippen LogP contribution in [0.5, 0.6) is 5.75 Å². The van der Waals surface area contributed by atoms with E-state index < -0.39 is 29.0 Å². The Labute approximate surface area is 193 Å². The number of phenolic OH excluding ortho intramolecular Hbond substituents is 1. The zero-order valence-corrected chi connectivity index (χ0v) is 19.5. The van der Waals surface area contributed by atoms with Crippen LogP contribution in [0, 0.1) is 12.3 Å². The van der Waals surface area contributed by atoms with Crippen LogP contribution < -0.4 is 10.6 Å². The third kappa shape index (κ3) is 5.10. The molecule has 0 saturated heterocycles. The van der Waals surface area contributed by atoms with E-state index in [0.29, 0.717) is 11.8 Å². The van der Waals surface area contributed by atoms with Crippen LogP contribution in [-0.2, 0) is 6.18 Å². The van der Waals surface area contributed by atoms with Crippen LogP contribution in [0.3, 0.4) is 0 Å². The maximum Gasteiger partial charge on any atom is 0.417 e. The van der Waals surface area contributed by atoms with Crippen molar-refractivity contribution in [2.75, 3.05) is 24.7 Å². The predicted molar refractivity (Wildman–Crippen MR) is 118 cm³/mol. The molecule has 0 unspecified atom stereocenters. The number of nitrogens with one attached hydrogen (secondary N) is 2. The molecule has 0 aliphatic heterocycles. The Morgan fingerprint density at radius 2 is 1.74 bits per heavy atom. The fraction of sp³-hybridized carbons (Fsp3) is 0.409. The molecule has 0 fully saturated rings. The minimum atomic E-state index is -4.85. The molecule has 0 bridgehead atoms. The van der Waals surface area contributed by atoms with Gasteiger partial charge in [-0.2, -0.15) is 13.2 Å². The third-order valence-electron chi connectivity index (χ3n) is 5.04. The summed E-state index contributed by atoms with van der Waals surface area (Å²) in [5, 5.41) is 24.1. The Bertz CT molecular complexity index is 1180. The molecule has 12 heteroatoms. The number of alkyl halides is 3. The molecule has 0 radical (unpaired) electrons. The van der Waals surface area contributed by atoms with E-state index in [2.05, 4.69) is 20.9 Å². The fourth-order valence-corrected chi connectivity index (χ4v) is 3.32. The molecule has 184 valence electrons. The van der Waals surface area contributed by atoms with E-state index >= 15 is 0 Å². The van der Waals surface area contributed by atoms with Gasteiger partial charge < -0.3 is 25.1 Å². The molecule has 1 atom stereocenters. The second-order valence-corrected chi connectivity index (χ2v) is 9.06. The largest absolute Gasteiger partial charge is 0.505 e. The number of hydrogen-bond donors (Lipinski definition) is 3. The number of furan rings is 1. The van der Waals surface area contributed by atoms with Gasteiger partial charge in [-0.05, 0) is 46.9 Å². The van der Waals surface area contributed by atoms with Crippen LogP contribution in [-0.4, -0.2) is 40.3 Å². The van der Waals surface area contributed by atoms with Crippen LogP contribution in [0.15, 0.2) is 33.3 Å². The van der Waals surface area contributed by atoms with Gasteiger partial charge in [0.15, 0.2) is 5.75 Å². The first-order valence-corrected chi connectivity index (χ1v) is 10.3. The number of aryl methyl sites for hydroxylation is 1. The summed E-state index contributed by atoms with van der Waals surface area (Å²) in [6, 6.07) is 4.98. The van der Waals surface area contributed by atoms with Gasteiger partial charge in [-0.3, -0.25) is 4.79 Å². The summed E-state index contributed by atoms with van der Waals surface area (Å²) in [5.74, 6) is -0.405. The van der Waals surface area contributed by atoms with Gasteiger partial charge in [0.1, 0.15) is 11.5 Å². The molecular formula is C22H26F3N5O4. The number of hydrogen-bond acceptors (Lipinski definition) is 8. The molecule has 9 nitrogen and oxygen atoms in total. The van der Waals surface area contributed by atoms with Crippen molar-refractivity contribution in [3.8, 4) is 5.75 Å². The van der Waals surface area contributed by atoms with E-state index in [-0.39, 0.29) is 28.8 Å². The Hall–Kier alpha value is -3.70. The summed E-state index contributed by atoms with van der Waals surface area (Å²) in [5.41, 5.74) is -2.67. The quantitative estimate of drug-likeness (QED) is 0.404. The summed E-state index contributed by atoms with van der Waals surface area (Å²) in [4.78, 5) is 13.4. The van der Waals surface area contributed by atoms with Crippen molar-refractivity contribution < 1.29 is 32.1 Å². The second-order valence-electron chi connectivity index (χ2n) is 9.06. The monoisotopic (exact) mass is 481 g/mol. The highest BCUT2D eigenvalue weighted by Gasteiger charge is 2.38. The Morgan fingerprint density at radius 3 is 2.26 bits per heavy atom. The van der Waals surface area contributed by atoms with Gasteiger partial charge in [-0.25, -0.2) is 4.63 Å². The van der Waals surface area contributed by atoms with Crippen molar-refractivity contribution in [3.63, 3.8) is 0 Å². The van der Waals surface area contributed by atoms with Crippen molar-refractivity contribution in [3.05, 3.63) is 46.9 Å². The second kappa shape index (κ2) is 8.92. The molecule has 0 saturated carbocycles. The number of carbonyl (C=O) groups excluding carboxylic acids is 1. The minimum absolute atomic E-state index is 0.00385. The van der Waals surface area contributed by atoms with E-state index in [4.69, 9.17) is 9.05 Å². The fourth-order valence-electron chi connectivity index (χ4n) is 3.32. The molecule has 3 rings (SSSR count). The lowest BCUT2D eigenvalue weighted by atomic mass is 9.85.